The lowest BCUT2D eigenvalue weighted by atomic mass is 9.67. The summed E-state index contributed by atoms with van der Waals surface area (Å²) in [5.74, 6) is -2.03. The van der Waals surface area contributed by atoms with Gasteiger partial charge in [0, 0.05) is 21.5 Å². The van der Waals surface area contributed by atoms with E-state index in [0.29, 0.717) is 27.8 Å². The molecule has 3 aliphatic rings. The molecule has 1 saturated carbocycles. The highest BCUT2D eigenvalue weighted by molar-refractivity contribution is 6.35. The van der Waals surface area contributed by atoms with Crippen LogP contribution in [0, 0.1) is 5.92 Å². The maximum atomic E-state index is 12.8. The highest BCUT2D eigenvalue weighted by Crippen LogP contribution is 2.53. The number of alkyl halides is 3. The van der Waals surface area contributed by atoms with Crippen LogP contribution in [0.4, 0.5) is 13.2 Å². The molecule has 5 rings (SSSR count). The summed E-state index contributed by atoms with van der Waals surface area (Å²) in [4.78, 5) is 16.1. The number of halogens is 5. The van der Waals surface area contributed by atoms with Crippen molar-refractivity contribution in [2.45, 2.75) is 43.2 Å². The lowest BCUT2D eigenvalue weighted by Gasteiger charge is -2.47. The summed E-state index contributed by atoms with van der Waals surface area (Å²) in [5.41, 5.74) is 7.15. The molecule has 2 aromatic rings. The van der Waals surface area contributed by atoms with Gasteiger partial charge in [0.2, 0.25) is 0 Å². The van der Waals surface area contributed by atoms with Gasteiger partial charge in [-0.15, -0.1) is 0 Å². The Bertz CT molecular complexity index is 1170. The van der Waals surface area contributed by atoms with E-state index in [-0.39, 0.29) is 31.6 Å². The number of nitrogens with zero attached hydrogens (tertiary/aromatic N) is 1. The Balaban J connectivity index is 1.54. The van der Waals surface area contributed by atoms with Crippen LogP contribution in [0.1, 0.15) is 24.8 Å². The van der Waals surface area contributed by atoms with E-state index in [0.717, 1.165) is 11.1 Å². The topological polar surface area (TPSA) is 83.1 Å². The molecule has 180 valence electrons. The van der Waals surface area contributed by atoms with E-state index in [1.807, 2.05) is 18.2 Å². The monoisotopic (exact) mass is 514 g/mol. The smallest absolute Gasteiger partial charge is 0.490 e. The number of fused-ring (bicyclic) bond motifs is 4. The fourth-order valence-corrected chi connectivity index (χ4v) is 5.61. The first-order valence-corrected chi connectivity index (χ1v) is 11.3. The number of benzene rings is 2. The minimum Gasteiger partial charge on any atom is -0.490 e. The SMILES string of the molecule is NC1=NC2(CO1)c1cc(-c3cc(Cl)cc(Cl)c3)ccc1O[C@H]1CC[C@H](OC(=O)C(F)(F)F)C[C@@H]12. The molecule has 2 aliphatic heterocycles. The Hall–Kier alpha value is -2.65. The first-order valence-electron chi connectivity index (χ1n) is 10.6. The Labute approximate surface area is 202 Å². The van der Waals surface area contributed by atoms with Crippen molar-refractivity contribution >= 4 is 35.2 Å². The van der Waals surface area contributed by atoms with Crippen LogP contribution in [-0.4, -0.2) is 37.0 Å². The van der Waals surface area contributed by atoms with Gasteiger partial charge in [-0.25, -0.2) is 9.79 Å². The highest BCUT2D eigenvalue weighted by Gasteiger charge is 2.56. The zero-order valence-corrected chi connectivity index (χ0v) is 19.1. The summed E-state index contributed by atoms with van der Waals surface area (Å²) in [7, 11) is 0. The molecule has 1 unspecified atom stereocenters. The molecule has 6 nitrogen and oxygen atoms in total. The first kappa shape index (κ1) is 23.1. The molecule has 1 spiro atoms. The zero-order chi connectivity index (χ0) is 24.3. The van der Waals surface area contributed by atoms with Gasteiger partial charge in [0.25, 0.3) is 6.02 Å². The standard InChI is InChI=1S/C23H19Cl2F3N2O4/c24-13-5-12(6-14(25)8-13)11-1-3-18-16(7-11)22(10-32-21(29)30-22)17-9-15(2-4-19(17)34-18)33-20(31)23(26,27)28/h1,3,5-8,15,17,19H,2,4,9-10H2,(H2,29,30)/t15-,17-,19-,22?/m0/s1. The third kappa shape index (κ3) is 4.05. The van der Waals surface area contributed by atoms with Crippen molar-refractivity contribution in [3.8, 4) is 16.9 Å². The number of nitrogens with two attached hydrogens (primary N) is 1. The van der Waals surface area contributed by atoms with Crippen molar-refractivity contribution in [1.29, 1.82) is 0 Å². The van der Waals surface area contributed by atoms with Gasteiger partial charge in [-0.3, -0.25) is 0 Å². The lowest BCUT2D eigenvalue weighted by Crippen LogP contribution is -2.52. The van der Waals surface area contributed by atoms with E-state index in [4.69, 9.17) is 43.1 Å². The molecule has 34 heavy (non-hydrogen) atoms. The van der Waals surface area contributed by atoms with Crippen molar-refractivity contribution in [3.05, 3.63) is 52.0 Å². The summed E-state index contributed by atoms with van der Waals surface area (Å²) in [5, 5.41) is 0.943. The van der Waals surface area contributed by atoms with Crippen LogP contribution in [-0.2, 0) is 19.8 Å². The number of rotatable bonds is 2. The van der Waals surface area contributed by atoms with Crippen LogP contribution < -0.4 is 10.5 Å². The minimum atomic E-state index is -5.06. The molecule has 0 saturated heterocycles. The van der Waals surface area contributed by atoms with E-state index in [9.17, 15) is 18.0 Å². The van der Waals surface area contributed by atoms with E-state index >= 15 is 0 Å². The Morgan fingerprint density at radius 1 is 1.12 bits per heavy atom. The predicted octanol–water partition coefficient (Wildman–Crippen LogP) is 5.24. The number of amidine groups is 1. The Kier molecular flexibility index (Phi) is 5.60. The predicted molar refractivity (Wildman–Crippen MR) is 119 cm³/mol. The van der Waals surface area contributed by atoms with Gasteiger partial charge < -0.3 is 19.9 Å². The molecule has 2 N–H and O–H groups in total. The van der Waals surface area contributed by atoms with Crippen LogP contribution in [0.2, 0.25) is 10.0 Å². The summed E-state index contributed by atoms with van der Waals surface area (Å²) in [6.45, 7) is 0.0933. The largest absolute Gasteiger partial charge is 0.490 e. The second-order valence-corrected chi connectivity index (χ2v) is 9.51. The maximum Gasteiger partial charge on any atom is 0.490 e. The van der Waals surface area contributed by atoms with Crippen LogP contribution in [0.25, 0.3) is 11.1 Å². The summed E-state index contributed by atoms with van der Waals surface area (Å²) in [6, 6.07) is 10.7. The van der Waals surface area contributed by atoms with E-state index in [1.165, 1.54) is 0 Å². The second kappa shape index (κ2) is 8.23. The molecular formula is C23H19Cl2F3N2O4. The average molecular weight is 515 g/mol. The van der Waals surface area contributed by atoms with E-state index in [2.05, 4.69) is 4.99 Å². The fraction of sp³-hybridized carbons (Fsp3) is 0.391. The normalized spacial score (nSPS) is 27.8. The molecular weight excluding hydrogens is 496 g/mol. The number of carbonyl (C=O) groups is 1. The molecule has 4 atom stereocenters. The van der Waals surface area contributed by atoms with Crippen molar-refractivity contribution in [3.63, 3.8) is 0 Å². The number of hydrogen-bond donors (Lipinski definition) is 1. The van der Waals surface area contributed by atoms with Gasteiger partial charge in [0.05, 0.1) is 0 Å². The number of hydrogen-bond acceptors (Lipinski definition) is 6. The summed E-state index contributed by atoms with van der Waals surface area (Å²) < 4.78 is 54.9. The zero-order valence-electron chi connectivity index (χ0n) is 17.6. The van der Waals surface area contributed by atoms with Crippen molar-refractivity contribution in [1.82, 2.24) is 0 Å². The third-order valence-electron chi connectivity index (χ3n) is 6.53. The van der Waals surface area contributed by atoms with Gasteiger partial charge in [-0.05, 0) is 60.7 Å². The van der Waals surface area contributed by atoms with Gasteiger partial charge in [0.1, 0.15) is 30.1 Å². The molecule has 0 aromatic heterocycles. The van der Waals surface area contributed by atoms with Crippen LogP contribution in [0.5, 0.6) is 5.75 Å². The molecule has 0 radical (unpaired) electrons. The maximum absolute atomic E-state index is 12.8. The second-order valence-electron chi connectivity index (χ2n) is 8.63. The van der Waals surface area contributed by atoms with Crippen molar-refractivity contribution in [2.75, 3.05) is 6.61 Å². The molecule has 2 aromatic carbocycles. The minimum absolute atomic E-state index is 0.0165. The van der Waals surface area contributed by atoms with Crippen molar-refractivity contribution in [2.24, 2.45) is 16.6 Å². The number of carbonyl (C=O) groups excluding carboxylic acids is 1. The number of ether oxygens (including phenoxy) is 3. The van der Waals surface area contributed by atoms with Crippen LogP contribution >= 0.6 is 23.2 Å². The van der Waals surface area contributed by atoms with Gasteiger partial charge in [0.15, 0.2) is 0 Å². The Morgan fingerprint density at radius 2 is 1.85 bits per heavy atom. The molecule has 11 heteroatoms. The Morgan fingerprint density at radius 3 is 2.50 bits per heavy atom. The van der Waals surface area contributed by atoms with E-state index < -0.39 is 29.7 Å². The first-order chi connectivity index (χ1) is 16.0. The van der Waals surface area contributed by atoms with Gasteiger partial charge in [-0.1, -0.05) is 29.3 Å². The molecule has 0 amide bonds. The summed E-state index contributed by atoms with van der Waals surface area (Å²) in [6.07, 6.45) is -5.58. The lowest BCUT2D eigenvalue weighted by molar-refractivity contribution is -0.208. The average Bonchev–Trinajstić information content (AvgIpc) is 3.15. The molecule has 1 aliphatic carbocycles. The molecule has 1 fully saturated rings. The van der Waals surface area contributed by atoms with Crippen LogP contribution in [0.15, 0.2) is 41.4 Å². The summed E-state index contributed by atoms with van der Waals surface area (Å²) >= 11 is 12.3. The number of aliphatic imine (C=N–C) groups is 1. The quantitative estimate of drug-likeness (QED) is 0.554. The highest BCUT2D eigenvalue weighted by atomic mass is 35.5. The van der Waals surface area contributed by atoms with Gasteiger partial charge in [-0.2, -0.15) is 13.2 Å². The fourth-order valence-electron chi connectivity index (χ4n) is 5.08. The molecule has 0 bridgehead atoms. The third-order valence-corrected chi connectivity index (χ3v) is 6.96. The van der Waals surface area contributed by atoms with Crippen LogP contribution in [0.3, 0.4) is 0 Å². The molecule has 2 heterocycles. The number of esters is 1. The van der Waals surface area contributed by atoms with Crippen molar-refractivity contribution < 1.29 is 32.2 Å². The van der Waals surface area contributed by atoms with E-state index in [1.54, 1.807) is 18.2 Å². The van der Waals surface area contributed by atoms with Gasteiger partial charge >= 0.3 is 12.1 Å².